The maximum absolute atomic E-state index is 5.75. The van der Waals surface area contributed by atoms with Crippen LogP contribution in [0, 0.1) is 0 Å². The SMILES string of the molecule is CN=C(NCc1ccc(Br)s1)NCC1(C)CCCO1.I. The van der Waals surface area contributed by atoms with Crippen LogP contribution in [0.15, 0.2) is 20.9 Å². The third-order valence-electron chi connectivity index (χ3n) is 3.21. The Morgan fingerprint density at radius 3 is 2.85 bits per heavy atom. The number of hydrogen-bond donors (Lipinski definition) is 2. The summed E-state index contributed by atoms with van der Waals surface area (Å²) in [6, 6.07) is 4.17. The summed E-state index contributed by atoms with van der Waals surface area (Å²) in [5, 5.41) is 6.65. The van der Waals surface area contributed by atoms with E-state index in [0.717, 1.165) is 42.3 Å². The van der Waals surface area contributed by atoms with Crippen molar-refractivity contribution in [3.63, 3.8) is 0 Å². The zero-order chi connectivity index (χ0) is 13.7. The van der Waals surface area contributed by atoms with Crippen LogP contribution in [-0.2, 0) is 11.3 Å². The second-order valence-electron chi connectivity index (χ2n) is 4.89. The van der Waals surface area contributed by atoms with E-state index in [-0.39, 0.29) is 29.6 Å². The fourth-order valence-corrected chi connectivity index (χ4v) is 3.51. The van der Waals surface area contributed by atoms with Crippen molar-refractivity contribution < 1.29 is 4.74 Å². The zero-order valence-electron chi connectivity index (χ0n) is 11.7. The average Bonchev–Trinajstić information content (AvgIpc) is 2.99. The molecule has 0 bridgehead atoms. The lowest BCUT2D eigenvalue weighted by Crippen LogP contribution is -2.45. The third-order valence-corrected chi connectivity index (χ3v) is 4.84. The molecule has 1 aliphatic rings. The molecule has 1 aromatic rings. The Balaban J connectivity index is 0.00000200. The summed E-state index contributed by atoms with van der Waals surface area (Å²) in [5.41, 5.74) is -0.0520. The van der Waals surface area contributed by atoms with Crippen LogP contribution >= 0.6 is 51.2 Å². The van der Waals surface area contributed by atoms with Gasteiger partial charge in [-0.25, -0.2) is 0 Å². The third kappa shape index (κ3) is 5.50. The van der Waals surface area contributed by atoms with Gasteiger partial charge in [0.1, 0.15) is 0 Å². The molecule has 0 aromatic carbocycles. The highest BCUT2D eigenvalue weighted by molar-refractivity contribution is 14.0. The molecule has 7 heteroatoms. The Morgan fingerprint density at radius 2 is 2.30 bits per heavy atom. The van der Waals surface area contributed by atoms with Gasteiger partial charge in [0.25, 0.3) is 0 Å². The van der Waals surface area contributed by atoms with Gasteiger partial charge in [-0.2, -0.15) is 0 Å². The molecule has 114 valence electrons. The quantitative estimate of drug-likeness (QED) is 0.400. The number of hydrogen-bond acceptors (Lipinski definition) is 3. The normalized spacial score (nSPS) is 22.4. The molecule has 1 fully saturated rings. The van der Waals surface area contributed by atoms with Gasteiger partial charge in [0.2, 0.25) is 0 Å². The molecule has 0 aliphatic carbocycles. The fraction of sp³-hybridized carbons (Fsp3) is 0.615. The van der Waals surface area contributed by atoms with Gasteiger partial charge in [-0.1, -0.05) is 0 Å². The number of nitrogens with zero attached hydrogens (tertiary/aromatic N) is 1. The van der Waals surface area contributed by atoms with E-state index in [2.05, 4.69) is 50.6 Å². The summed E-state index contributed by atoms with van der Waals surface area (Å²) >= 11 is 5.20. The molecule has 1 saturated heterocycles. The molecular weight excluding hydrogens is 453 g/mol. The van der Waals surface area contributed by atoms with E-state index < -0.39 is 0 Å². The highest BCUT2D eigenvalue weighted by Gasteiger charge is 2.29. The van der Waals surface area contributed by atoms with Crippen LogP contribution in [0.25, 0.3) is 0 Å². The molecule has 1 unspecified atom stereocenters. The number of ether oxygens (including phenoxy) is 1. The first-order chi connectivity index (χ1) is 9.11. The Morgan fingerprint density at radius 1 is 1.50 bits per heavy atom. The van der Waals surface area contributed by atoms with Crippen LogP contribution in [0.3, 0.4) is 0 Å². The first-order valence-corrected chi connectivity index (χ1v) is 8.05. The minimum atomic E-state index is -0.0520. The molecule has 2 N–H and O–H groups in total. The molecule has 4 nitrogen and oxygen atoms in total. The molecule has 1 aliphatic heterocycles. The van der Waals surface area contributed by atoms with Gasteiger partial charge in [-0.15, -0.1) is 35.3 Å². The van der Waals surface area contributed by atoms with Crippen molar-refractivity contribution >= 4 is 57.2 Å². The van der Waals surface area contributed by atoms with Crippen LogP contribution in [0.4, 0.5) is 0 Å². The summed E-state index contributed by atoms with van der Waals surface area (Å²) in [6.07, 6.45) is 2.25. The maximum Gasteiger partial charge on any atom is 0.191 e. The van der Waals surface area contributed by atoms with Crippen molar-refractivity contribution in [2.75, 3.05) is 20.2 Å². The number of rotatable bonds is 4. The average molecular weight is 474 g/mol. The summed E-state index contributed by atoms with van der Waals surface area (Å²) in [7, 11) is 1.79. The van der Waals surface area contributed by atoms with Crippen molar-refractivity contribution in [2.24, 2.45) is 4.99 Å². The van der Waals surface area contributed by atoms with Crippen LogP contribution in [0.5, 0.6) is 0 Å². The number of guanidine groups is 1. The van der Waals surface area contributed by atoms with Crippen LogP contribution in [0.2, 0.25) is 0 Å². The van der Waals surface area contributed by atoms with E-state index in [1.165, 1.54) is 4.88 Å². The van der Waals surface area contributed by atoms with Gasteiger partial charge in [0, 0.05) is 25.1 Å². The van der Waals surface area contributed by atoms with E-state index in [1.54, 1.807) is 18.4 Å². The minimum absolute atomic E-state index is 0. The van der Waals surface area contributed by atoms with Gasteiger partial charge in [0.05, 0.1) is 15.9 Å². The Kier molecular flexibility index (Phi) is 7.78. The van der Waals surface area contributed by atoms with Crippen molar-refractivity contribution in [3.8, 4) is 0 Å². The lowest BCUT2D eigenvalue weighted by atomic mass is 10.0. The highest BCUT2D eigenvalue weighted by atomic mass is 127. The first kappa shape index (κ1) is 18.2. The second-order valence-corrected chi connectivity index (χ2v) is 7.43. The standard InChI is InChI=1S/C13H20BrN3OS.HI/c1-13(6-3-7-18-13)9-17-12(15-2)16-8-10-4-5-11(14)19-10;/h4-5H,3,6-9H2,1-2H3,(H2,15,16,17);1H. The van der Waals surface area contributed by atoms with Crippen molar-refractivity contribution in [2.45, 2.75) is 31.9 Å². The lowest BCUT2D eigenvalue weighted by molar-refractivity contribution is 0.0243. The molecule has 2 rings (SSSR count). The topological polar surface area (TPSA) is 45.7 Å². The minimum Gasteiger partial charge on any atom is -0.373 e. The van der Waals surface area contributed by atoms with Crippen LogP contribution in [-0.4, -0.2) is 31.8 Å². The van der Waals surface area contributed by atoms with E-state index in [9.17, 15) is 0 Å². The van der Waals surface area contributed by atoms with E-state index in [4.69, 9.17) is 4.74 Å². The molecule has 1 atom stereocenters. The molecule has 2 heterocycles. The monoisotopic (exact) mass is 473 g/mol. The number of nitrogens with one attached hydrogen (secondary N) is 2. The highest BCUT2D eigenvalue weighted by Crippen LogP contribution is 2.24. The van der Waals surface area contributed by atoms with Gasteiger partial charge < -0.3 is 15.4 Å². The first-order valence-electron chi connectivity index (χ1n) is 6.44. The summed E-state index contributed by atoms with van der Waals surface area (Å²) in [5.74, 6) is 0.821. The predicted molar refractivity (Wildman–Crippen MR) is 99.2 cm³/mol. The number of halogens is 2. The van der Waals surface area contributed by atoms with Crippen molar-refractivity contribution in [3.05, 3.63) is 20.8 Å². The molecule has 0 radical (unpaired) electrons. The molecule has 1 aromatic heterocycles. The summed E-state index contributed by atoms with van der Waals surface area (Å²) < 4.78 is 6.90. The van der Waals surface area contributed by atoms with E-state index >= 15 is 0 Å². The summed E-state index contributed by atoms with van der Waals surface area (Å²) in [4.78, 5) is 5.51. The number of aliphatic imine (C=N–C) groups is 1. The van der Waals surface area contributed by atoms with Gasteiger partial charge in [0.15, 0.2) is 5.96 Å². The van der Waals surface area contributed by atoms with Crippen LogP contribution < -0.4 is 10.6 Å². The van der Waals surface area contributed by atoms with Crippen LogP contribution in [0.1, 0.15) is 24.6 Å². The van der Waals surface area contributed by atoms with Crippen molar-refractivity contribution in [1.82, 2.24) is 10.6 Å². The molecule has 0 amide bonds. The molecule has 20 heavy (non-hydrogen) atoms. The van der Waals surface area contributed by atoms with Gasteiger partial charge >= 0.3 is 0 Å². The smallest absolute Gasteiger partial charge is 0.191 e. The Bertz CT molecular complexity index is 447. The molecular formula is C13H21BrIN3OS. The molecule has 0 spiro atoms. The second kappa shape index (κ2) is 8.55. The number of thiophene rings is 1. The predicted octanol–water partition coefficient (Wildman–Crippen LogP) is 3.36. The largest absolute Gasteiger partial charge is 0.373 e. The Hall–Kier alpha value is 0.140. The van der Waals surface area contributed by atoms with Crippen molar-refractivity contribution in [1.29, 1.82) is 0 Å². The van der Waals surface area contributed by atoms with E-state index in [1.807, 2.05) is 0 Å². The fourth-order valence-electron chi connectivity index (χ4n) is 2.09. The summed E-state index contributed by atoms with van der Waals surface area (Å²) in [6.45, 7) is 4.60. The Labute approximate surface area is 149 Å². The van der Waals surface area contributed by atoms with Gasteiger partial charge in [-0.3, -0.25) is 4.99 Å². The molecule has 0 saturated carbocycles. The lowest BCUT2D eigenvalue weighted by Gasteiger charge is -2.24. The maximum atomic E-state index is 5.75. The van der Waals surface area contributed by atoms with E-state index in [0.29, 0.717) is 0 Å². The van der Waals surface area contributed by atoms with Gasteiger partial charge in [-0.05, 0) is 47.8 Å². The zero-order valence-corrected chi connectivity index (χ0v) is 16.5.